The Morgan fingerprint density at radius 3 is 1.68 bits per heavy atom. The zero-order chi connectivity index (χ0) is 13.5. The van der Waals surface area contributed by atoms with Gasteiger partial charge in [0.1, 0.15) is 0 Å². The Balaban J connectivity index is 0. The van der Waals surface area contributed by atoms with Gasteiger partial charge in [-0.3, -0.25) is 0 Å². The average Bonchev–Trinajstić information content (AvgIpc) is 2.12. The molecule has 0 atom stereocenters. The number of alkyl halides is 6. The summed E-state index contributed by atoms with van der Waals surface area (Å²) in [6.45, 7) is 1.33. The van der Waals surface area contributed by atoms with Crippen molar-refractivity contribution >= 4 is 0 Å². The van der Waals surface area contributed by atoms with Crippen molar-refractivity contribution in [3.63, 3.8) is 0 Å². The molecule has 0 aliphatic rings. The Labute approximate surface area is 163 Å². The van der Waals surface area contributed by atoms with Crippen LogP contribution in [-0.2, 0) is 5.60 Å². The predicted molar refractivity (Wildman–Crippen MR) is 47.2 cm³/mol. The SMILES string of the molecule is Cc1cccc(C(O)(C(F)(F)F)C(F)(F)F)c1.[Cs+].[F-]. The van der Waals surface area contributed by atoms with Crippen molar-refractivity contribution in [2.75, 3.05) is 0 Å². The number of hydrogen-bond donors (Lipinski definition) is 1. The first-order valence-electron chi connectivity index (χ1n) is 4.43. The summed E-state index contributed by atoms with van der Waals surface area (Å²) in [5, 5.41) is 9.03. The molecule has 0 spiro atoms. The number of rotatable bonds is 1. The van der Waals surface area contributed by atoms with Crippen LogP contribution < -0.4 is 73.6 Å². The smallest absolute Gasteiger partial charge is 1.00 e. The zero-order valence-corrected chi connectivity index (χ0v) is 16.2. The summed E-state index contributed by atoms with van der Waals surface area (Å²) in [4.78, 5) is 0. The first-order chi connectivity index (χ1) is 7.50. The molecule has 0 amide bonds. The van der Waals surface area contributed by atoms with E-state index in [9.17, 15) is 26.3 Å². The molecular formula is C10H8CsF7O. The molecule has 1 aromatic rings. The summed E-state index contributed by atoms with van der Waals surface area (Å²) < 4.78 is 74.7. The summed E-state index contributed by atoms with van der Waals surface area (Å²) in [5.41, 5.74) is -5.89. The van der Waals surface area contributed by atoms with Gasteiger partial charge in [0.25, 0.3) is 5.60 Å². The largest absolute Gasteiger partial charge is 1.00 e. The zero-order valence-electron chi connectivity index (χ0n) is 9.90. The van der Waals surface area contributed by atoms with Gasteiger partial charge in [0.2, 0.25) is 0 Å². The average molecular weight is 410 g/mol. The molecule has 1 N–H and O–H groups in total. The standard InChI is InChI=1S/C10H8F6O.Cs.FH/c1-6-3-2-4-7(5-6)8(17,9(11,12)13)10(14,15)16;;/h2-5,17H,1H3;;1H/q;+1;/p-1. The monoisotopic (exact) mass is 410 g/mol. The van der Waals surface area contributed by atoms with Crippen LogP contribution in [0.4, 0.5) is 26.3 Å². The molecule has 0 bridgehead atoms. The maximum atomic E-state index is 12.4. The minimum atomic E-state index is -5.83. The van der Waals surface area contributed by atoms with Gasteiger partial charge in [-0.15, -0.1) is 0 Å². The fraction of sp³-hybridized carbons (Fsp3) is 0.400. The summed E-state index contributed by atoms with van der Waals surface area (Å²) in [5.74, 6) is 0. The number of aryl methyl sites for hydroxylation is 1. The number of hydrogen-bond acceptors (Lipinski definition) is 1. The van der Waals surface area contributed by atoms with Gasteiger partial charge in [0.15, 0.2) is 0 Å². The van der Waals surface area contributed by atoms with E-state index in [2.05, 4.69) is 0 Å². The van der Waals surface area contributed by atoms with Gasteiger partial charge in [-0.05, 0) is 6.92 Å². The van der Waals surface area contributed by atoms with Gasteiger partial charge in [-0.1, -0.05) is 29.8 Å². The normalized spacial score (nSPS) is 12.4. The molecule has 0 aliphatic heterocycles. The Morgan fingerprint density at radius 1 is 0.947 bits per heavy atom. The minimum Gasteiger partial charge on any atom is -1.00 e. The van der Waals surface area contributed by atoms with Gasteiger partial charge < -0.3 is 9.81 Å². The molecule has 0 heterocycles. The molecule has 1 rings (SSSR count). The topological polar surface area (TPSA) is 20.2 Å². The van der Waals surface area contributed by atoms with Crippen LogP contribution in [0.3, 0.4) is 0 Å². The van der Waals surface area contributed by atoms with E-state index in [0.29, 0.717) is 12.1 Å². The Morgan fingerprint density at radius 2 is 1.37 bits per heavy atom. The first kappa shape index (κ1) is 22.0. The van der Waals surface area contributed by atoms with Crippen LogP contribution in [0.1, 0.15) is 11.1 Å². The summed E-state index contributed by atoms with van der Waals surface area (Å²) >= 11 is 0. The first-order valence-corrected chi connectivity index (χ1v) is 4.43. The van der Waals surface area contributed by atoms with Crippen molar-refractivity contribution in [2.45, 2.75) is 24.9 Å². The molecule has 19 heavy (non-hydrogen) atoms. The fourth-order valence-corrected chi connectivity index (χ4v) is 1.36. The molecular weight excluding hydrogens is 402 g/mol. The van der Waals surface area contributed by atoms with E-state index in [1.165, 1.54) is 13.0 Å². The van der Waals surface area contributed by atoms with E-state index in [-0.39, 0.29) is 79.2 Å². The molecule has 0 saturated carbocycles. The summed E-state index contributed by atoms with van der Waals surface area (Å²) in [6, 6.07) is 3.60. The van der Waals surface area contributed by atoms with E-state index >= 15 is 0 Å². The van der Waals surface area contributed by atoms with Crippen molar-refractivity contribution in [2.24, 2.45) is 0 Å². The van der Waals surface area contributed by atoms with E-state index in [1.54, 1.807) is 0 Å². The second kappa shape index (κ2) is 7.14. The molecule has 1 aromatic carbocycles. The molecule has 104 valence electrons. The van der Waals surface area contributed by atoms with Crippen LogP contribution in [0, 0.1) is 6.92 Å². The number of halogens is 7. The van der Waals surface area contributed by atoms with E-state index in [4.69, 9.17) is 5.11 Å². The van der Waals surface area contributed by atoms with Crippen molar-refractivity contribution < 1.29 is 105 Å². The molecule has 0 radical (unpaired) electrons. The number of benzene rings is 1. The Kier molecular flexibility index (Phi) is 8.28. The third kappa shape index (κ3) is 4.35. The van der Waals surface area contributed by atoms with Crippen LogP contribution in [0.5, 0.6) is 0 Å². The van der Waals surface area contributed by atoms with Gasteiger partial charge >= 0.3 is 81.2 Å². The molecule has 0 unspecified atom stereocenters. The van der Waals surface area contributed by atoms with Gasteiger partial charge in [-0.2, -0.15) is 26.3 Å². The van der Waals surface area contributed by atoms with E-state index in [0.717, 1.165) is 6.07 Å². The third-order valence-electron chi connectivity index (χ3n) is 2.26. The van der Waals surface area contributed by atoms with Crippen LogP contribution in [0.15, 0.2) is 24.3 Å². The molecule has 9 heteroatoms. The fourth-order valence-electron chi connectivity index (χ4n) is 1.36. The Bertz CT molecular complexity index is 399. The molecule has 0 fully saturated rings. The van der Waals surface area contributed by atoms with Crippen molar-refractivity contribution in [1.82, 2.24) is 0 Å². The maximum Gasteiger partial charge on any atom is 1.00 e. The molecule has 0 saturated heterocycles. The predicted octanol–water partition coefficient (Wildman–Crippen LogP) is -2.68. The third-order valence-corrected chi connectivity index (χ3v) is 2.26. The van der Waals surface area contributed by atoms with Gasteiger partial charge in [-0.25, -0.2) is 0 Å². The number of aliphatic hydroxyl groups is 1. The van der Waals surface area contributed by atoms with Crippen molar-refractivity contribution in [1.29, 1.82) is 0 Å². The minimum absolute atomic E-state index is 0. The van der Waals surface area contributed by atoms with Gasteiger partial charge in [0, 0.05) is 5.56 Å². The van der Waals surface area contributed by atoms with E-state index in [1.807, 2.05) is 0 Å². The van der Waals surface area contributed by atoms with Crippen molar-refractivity contribution in [3.8, 4) is 0 Å². The molecule has 0 aliphatic carbocycles. The van der Waals surface area contributed by atoms with Crippen LogP contribution in [0.2, 0.25) is 0 Å². The summed E-state index contributed by atoms with van der Waals surface area (Å²) in [6.07, 6.45) is -11.7. The van der Waals surface area contributed by atoms with Gasteiger partial charge in [0.05, 0.1) is 0 Å². The summed E-state index contributed by atoms with van der Waals surface area (Å²) in [7, 11) is 0. The second-order valence-corrected chi connectivity index (χ2v) is 3.58. The van der Waals surface area contributed by atoms with Crippen molar-refractivity contribution in [3.05, 3.63) is 35.4 Å². The molecule has 0 aromatic heterocycles. The molecule has 1 nitrogen and oxygen atoms in total. The quantitative estimate of drug-likeness (QED) is 0.501. The van der Waals surface area contributed by atoms with Crippen LogP contribution in [0.25, 0.3) is 0 Å². The maximum absolute atomic E-state index is 12.4. The second-order valence-electron chi connectivity index (χ2n) is 3.58. The van der Waals surface area contributed by atoms with E-state index < -0.39 is 23.5 Å². The van der Waals surface area contributed by atoms with Crippen LogP contribution >= 0.6 is 0 Å². The van der Waals surface area contributed by atoms with Crippen LogP contribution in [-0.4, -0.2) is 17.5 Å². The Hall–Kier alpha value is 0.742.